The van der Waals surface area contributed by atoms with Crippen LogP contribution < -0.4 is 5.56 Å². The van der Waals surface area contributed by atoms with Gasteiger partial charge in [-0.2, -0.15) is 13.2 Å². The summed E-state index contributed by atoms with van der Waals surface area (Å²) >= 11 is 5.75. The van der Waals surface area contributed by atoms with Crippen molar-refractivity contribution in [2.45, 2.75) is 39.4 Å². The molecule has 32 heavy (non-hydrogen) atoms. The largest absolute Gasteiger partial charge is 0.417 e. The molecule has 1 fully saturated rings. The monoisotopic (exact) mass is 463 g/mol. The quantitative estimate of drug-likeness (QED) is 0.492. The number of piperidine rings is 1. The highest BCUT2D eigenvalue weighted by atomic mass is 35.5. The van der Waals surface area contributed by atoms with E-state index in [1.54, 1.807) is 22.8 Å². The Morgan fingerprint density at radius 2 is 1.88 bits per heavy atom. The highest BCUT2D eigenvalue weighted by Crippen LogP contribution is 2.37. The van der Waals surface area contributed by atoms with Gasteiger partial charge in [0.05, 0.1) is 21.5 Å². The highest BCUT2D eigenvalue weighted by molar-refractivity contribution is 6.31. The Morgan fingerprint density at radius 3 is 2.59 bits per heavy atom. The van der Waals surface area contributed by atoms with Gasteiger partial charge < -0.3 is 4.90 Å². The number of rotatable bonds is 4. The fourth-order valence-corrected chi connectivity index (χ4v) is 4.72. The van der Waals surface area contributed by atoms with Crippen LogP contribution in [0.3, 0.4) is 0 Å². The Balaban J connectivity index is 1.74. The number of aromatic nitrogens is 2. The standard InChI is InChI=1S/C24H25ClF3N3O/c1-3-30-10-4-5-16(13-30)14-31-15(2)29-22-9-7-17(11-19(22)23(31)32)18-6-8-21(25)20(12-18)24(26,27)28/h6-9,11-12,16H,3-5,10,13-14H2,1-2H3/t16-/m0/s1. The van der Waals surface area contributed by atoms with E-state index in [9.17, 15) is 18.0 Å². The zero-order chi connectivity index (χ0) is 23.0. The molecule has 1 aromatic heterocycles. The first kappa shape index (κ1) is 22.8. The molecule has 0 aliphatic carbocycles. The van der Waals surface area contributed by atoms with Gasteiger partial charge in [-0.05, 0) is 74.2 Å². The van der Waals surface area contributed by atoms with Crippen LogP contribution in [0.2, 0.25) is 5.02 Å². The Hall–Kier alpha value is -2.38. The second kappa shape index (κ2) is 8.87. The van der Waals surface area contributed by atoms with E-state index in [4.69, 9.17) is 11.6 Å². The van der Waals surface area contributed by atoms with Gasteiger partial charge in [0.15, 0.2) is 0 Å². The number of likely N-dealkylation sites (tertiary alicyclic amines) is 1. The van der Waals surface area contributed by atoms with E-state index in [-0.39, 0.29) is 10.6 Å². The number of aryl methyl sites for hydroxylation is 1. The molecule has 1 aliphatic heterocycles. The predicted molar refractivity (Wildman–Crippen MR) is 121 cm³/mol. The molecular weight excluding hydrogens is 439 g/mol. The van der Waals surface area contributed by atoms with E-state index in [1.807, 2.05) is 6.92 Å². The van der Waals surface area contributed by atoms with Crippen LogP contribution in [0.5, 0.6) is 0 Å². The first-order valence-corrected chi connectivity index (χ1v) is 11.2. The van der Waals surface area contributed by atoms with Gasteiger partial charge in [-0.25, -0.2) is 4.98 Å². The number of nitrogens with zero attached hydrogens (tertiary/aromatic N) is 3. The molecule has 4 rings (SSSR count). The molecule has 1 atom stereocenters. The van der Waals surface area contributed by atoms with Crippen LogP contribution in [-0.2, 0) is 12.7 Å². The number of benzene rings is 2. The molecule has 0 amide bonds. The lowest BCUT2D eigenvalue weighted by molar-refractivity contribution is -0.137. The van der Waals surface area contributed by atoms with Crippen LogP contribution in [0.1, 0.15) is 31.2 Å². The first-order valence-electron chi connectivity index (χ1n) is 10.8. The second-order valence-corrected chi connectivity index (χ2v) is 8.81. The Labute approximate surface area is 189 Å². The summed E-state index contributed by atoms with van der Waals surface area (Å²) in [7, 11) is 0. The van der Waals surface area contributed by atoms with Crippen molar-refractivity contribution in [3.63, 3.8) is 0 Å². The van der Waals surface area contributed by atoms with Crippen LogP contribution in [0.15, 0.2) is 41.2 Å². The molecule has 2 aromatic carbocycles. The molecule has 0 unspecified atom stereocenters. The Bertz CT molecular complexity index is 1210. The lowest BCUT2D eigenvalue weighted by atomic mass is 9.97. The minimum absolute atomic E-state index is 0.159. The van der Waals surface area contributed by atoms with Crippen LogP contribution >= 0.6 is 11.6 Å². The minimum atomic E-state index is -4.55. The topological polar surface area (TPSA) is 38.1 Å². The molecule has 1 aliphatic rings. The van der Waals surface area contributed by atoms with E-state index in [0.29, 0.717) is 40.3 Å². The SMILES string of the molecule is CCN1CCC[C@H](Cn2c(C)nc3ccc(-c4ccc(Cl)c(C(F)(F)F)c4)cc3c2=O)C1. The number of hydrogen-bond donors (Lipinski definition) is 0. The van der Waals surface area contributed by atoms with Crippen LogP contribution in [0, 0.1) is 12.8 Å². The number of fused-ring (bicyclic) bond motifs is 1. The molecule has 0 bridgehead atoms. The second-order valence-electron chi connectivity index (χ2n) is 8.40. The average Bonchev–Trinajstić information content (AvgIpc) is 2.76. The predicted octanol–water partition coefficient (Wildman–Crippen LogP) is 5.78. The third kappa shape index (κ3) is 4.55. The van der Waals surface area contributed by atoms with Crippen LogP contribution in [0.25, 0.3) is 22.0 Å². The van der Waals surface area contributed by atoms with Gasteiger partial charge in [0.1, 0.15) is 5.82 Å². The van der Waals surface area contributed by atoms with Gasteiger partial charge in [0.2, 0.25) is 0 Å². The fourth-order valence-electron chi connectivity index (χ4n) is 4.49. The third-order valence-corrected chi connectivity index (χ3v) is 6.57. The number of halogens is 4. The highest BCUT2D eigenvalue weighted by Gasteiger charge is 2.33. The third-order valence-electron chi connectivity index (χ3n) is 6.24. The van der Waals surface area contributed by atoms with Crippen molar-refractivity contribution >= 4 is 22.5 Å². The van der Waals surface area contributed by atoms with Gasteiger partial charge in [-0.1, -0.05) is 30.7 Å². The number of alkyl halides is 3. The summed E-state index contributed by atoms with van der Waals surface area (Å²) in [5.74, 6) is 1.02. The molecule has 0 N–H and O–H groups in total. The molecular formula is C24H25ClF3N3O. The van der Waals surface area contributed by atoms with Crippen molar-refractivity contribution in [1.82, 2.24) is 14.5 Å². The van der Waals surface area contributed by atoms with Gasteiger partial charge >= 0.3 is 6.18 Å². The molecule has 0 spiro atoms. The summed E-state index contributed by atoms with van der Waals surface area (Å²) in [6.45, 7) is 7.58. The maximum atomic E-state index is 13.3. The Kier molecular flexibility index (Phi) is 6.32. The molecule has 170 valence electrons. The van der Waals surface area contributed by atoms with Crippen molar-refractivity contribution in [3.8, 4) is 11.1 Å². The summed E-state index contributed by atoms with van der Waals surface area (Å²) < 4.78 is 41.6. The van der Waals surface area contributed by atoms with Crippen molar-refractivity contribution in [1.29, 1.82) is 0 Å². The zero-order valence-electron chi connectivity index (χ0n) is 18.0. The molecule has 0 saturated carbocycles. The average molecular weight is 464 g/mol. The van der Waals surface area contributed by atoms with Crippen molar-refractivity contribution in [2.24, 2.45) is 5.92 Å². The van der Waals surface area contributed by atoms with E-state index in [2.05, 4.69) is 16.8 Å². The summed E-state index contributed by atoms with van der Waals surface area (Å²) in [5.41, 5.74) is 0.350. The van der Waals surface area contributed by atoms with E-state index in [0.717, 1.165) is 38.5 Å². The molecule has 3 aromatic rings. The smallest absolute Gasteiger partial charge is 0.303 e. The first-order chi connectivity index (χ1) is 15.2. The lowest BCUT2D eigenvalue weighted by Gasteiger charge is -2.32. The zero-order valence-corrected chi connectivity index (χ0v) is 18.8. The van der Waals surface area contributed by atoms with E-state index >= 15 is 0 Å². The van der Waals surface area contributed by atoms with Crippen LogP contribution in [-0.4, -0.2) is 34.1 Å². The van der Waals surface area contributed by atoms with Gasteiger partial charge in [0, 0.05) is 13.1 Å². The molecule has 0 radical (unpaired) electrons. The number of hydrogen-bond acceptors (Lipinski definition) is 3. The van der Waals surface area contributed by atoms with Crippen LogP contribution in [0.4, 0.5) is 13.2 Å². The van der Waals surface area contributed by atoms with E-state index < -0.39 is 11.7 Å². The van der Waals surface area contributed by atoms with Gasteiger partial charge in [-0.15, -0.1) is 0 Å². The molecule has 4 nitrogen and oxygen atoms in total. The molecule has 1 saturated heterocycles. The van der Waals surface area contributed by atoms with Gasteiger partial charge in [0.25, 0.3) is 5.56 Å². The van der Waals surface area contributed by atoms with Crippen molar-refractivity contribution in [2.75, 3.05) is 19.6 Å². The molecule has 2 heterocycles. The molecule has 8 heteroatoms. The van der Waals surface area contributed by atoms with E-state index in [1.165, 1.54) is 12.1 Å². The summed E-state index contributed by atoms with van der Waals surface area (Å²) in [6.07, 6.45) is -2.39. The Morgan fingerprint density at radius 1 is 1.16 bits per heavy atom. The maximum absolute atomic E-state index is 13.3. The summed E-state index contributed by atoms with van der Waals surface area (Å²) in [4.78, 5) is 20.3. The summed E-state index contributed by atoms with van der Waals surface area (Å²) in [5, 5.41) is 0.0510. The fraction of sp³-hybridized carbons (Fsp3) is 0.417. The van der Waals surface area contributed by atoms with Crippen molar-refractivity contribution < 1.29 is 13.2 Å². The van der Waals surface area contributed by atoms with Gasteiger partial charge in [-0.3, -0.25) is 9.36 Å². The lowest BCUT2D eigenvalue weighted by Crippen LogP contribution is -2.38. The summed E-state index contributed by atoms with van der Waals surface area (Å²) in [6, 6.07) is 8.78. The minimum Gasteiger partial charge on any atom is -0.303 e. The van der Waals surface area contributed by atoms with Crippen molar-refractivity contribution in [3.05, 3.63) is 63.2 Å². The normalized spacial score (nSPS) is 17.8. The maximum Gasteiger partial charge on any atom is 0.417 e.